The lowest BCUT2D eigenvalue weighted by Crippen LogP contribution is -2.28. The van der Waals surface area contributed by atoms with E-state index in [2.05, 4.69) is 23.6 Å². The molecule has 13 heavy (non-hydrogen) atoms. The van der Waals surface area contributed by atoms with E-state index in [0.29, 0.717) is 12.1 Å². The van der Waals surface area contributed by atoms with Crippen molar-refractivity contribution in [1.82, 2.24) is 9.78 Å². The maximum atomic E-state index is 5.90. The lowest BCUT2D eigenvalue weighted by molar-refractivity contribution is 0.481. The molecule has 1 unspecified atom stereocenters. The summed E-state index contributed by atoms with van der Waals surface area (Å²) in [7, 11) is 0. The molecule has 0 amide bonds. The van der Waals surface area contributed by atoms with E-state index in [1.165, 1.54) is 11.3 Å². The second-order valence-electron chi connectivity index (χ2n) is 4.16. The Bertz CT molecular complexity index is 301. The van der Waals surface area contributed by atoms with Gasteiger partial charge >= 0.3 is 0 Å². The van der Waals surface area contributed by atoms with Crippen LogP contribution in [0.1, 0.15) is 37.6 Å². The largest absolute Gasteiger partial charge is 0.327 e. The first kappa shape index (κ1) is 8.75. The van der Waals surface area contributed by atoms with Crippen molar-refractivity contribution in [3.05, 3.63) is 17.5 Å². The SMILES string of the molecule is CC(C)n1ncc2c1CCC(N)C2. The Morgan fingerprint density at radius 1 is 1.62 bits per heavy atom. The third kappa shape index (κ3) is 1.48. The van der Waals surface area contributed by atoms with Crippen LogP contribution in [0.5, 0.6) is 0 Å². The average Bonchev–Trinajstić information content (AvgIpc) is 2.46. The zero-order valence-corrected chi connectivity index (χ0v) is 8.33. The standard InChI is InChI=1S/C10H17N3/c1-7(2)13-10-4-3-9(11)5-8(10)6-12-13/h6-7,9H,3-5,11H2,1-2H3. The van der Waals surface area contributed by atoms with Crippen molar-refractivity contribution < 1.29 is 0 Å². The number of hydrogen-bond donors (Lipinski definition) is 1. The Morgan fingerprint density at radius 3 is 3.08 bits per heavy atom. The van der Waals surface area contributed by atoms with Gasteiger partial charge in [0.05, 0.1) is 6.20 Å². The van der Waals surface area contributed by atoms with Gasteiger partial charge in [-0.3, -0.25) is 4.68 Å². The zero-order chi connectivity index (χ0) is 9.42. The van der Waals surface area contributed by atoms with Crippen molar-refractivity contribution in [2.45, 2.75) is 45.2 Å². The first-order valence-electron chi connectivity index (χ1n) is 4.99. The van der Waals surface area contributed by atoms with E-state index in [9.17, 15) is 0 Å². The van der Waals surface area contributed by atoms with Gasteiger partial charge in [0.2, 0.25) is 0 Å². The third-order valence-corrected chi connectivity index (χ3v) is 2.71. The molecule has 1 heterocycles. The minimum Gasteiger partial charge on any atom is -0.327 e. The highest BCUT2D eigenvalue weighted by Crippen LogP contribution is 2.22. The lowest BCUT2D eigenvalue weighted by Gasteiger charge is -2.20. The van der Waals surface area contributed by atoms with E-state index in [0.717, 1.165) is 19.3 Å². The number of fused-ring (bicyclic) bond motifs is 1. The molecule has 2 rings (SSSR count). The molecule has 0 spiro atoms. The van der Waals surface area contributed by atoms with E-state index in [1.54, 1.807) is 0 Å². The molecule has 2 N–H and O–H groups in total. The van der Waals surface area contributed by atoms with Crippen LogP contribution < -0.4 is 5.73 Å². The molecule has 1 aliphatic carbocycles. The summed E-state index contributed by atoms with van der Waals surface area (Å²) in [6.45, 7) is 4.34. The Hall–Kier alpha value is -0.830. The summed E-state index contributed by atoms with van der Waals surface area (Å²) >= 11 is 0. The molecule has 0 bridgehead atoms. The molecule has 0 saturated carbocycles. The molecule has 0 fully saturated rings. The average molecular weight is 179 g/mol. The molecule has 1 atom stereocenters. The molecular formula is C10H17N3. The van der Waals surface area contributed by atoms with Crippen LogP contribution in [0.3, 0.4) is 0 Å². The van der Waals surface area contributed by atoms with Crippen LogP contribution in [0.2, 0.25) is 0 Å². The topological polar surface area (TPSA) is 43.8 Å². The van der Waals surface area contributed by atoms with Gasteiger partial charge in [0, 0.05) is 17.8 Å². The number of aromatic nitrogens is 2. The molecule has 3 nitrogen and oxygen atoms in total. The molecule has 0 aliphatic heterocycles. The fourth-order valence-corrected chi connectivity index (χ4v) is 2.02. The van der Waals surface area contributed by atoms with Crippen molar-refractivity contribution >= 4 is 0 Å². The molecule has 0 aromatic carbocycles. The fourth-order valence-electron chi connectivity index (χ4n) is 2.02. The third-order valence-electron chi connectivity index (χ3n) is 2.71. The van der Waals surface area contributed by atoms with Crippen LogP contribution in [-0.4, -0.2) is 15.8 Å². The van der Waals surface area contributed by atoms with E-state index < -0.39 is 0 Å². The summed E-state index contributed by atoms with van der Waals surface area (Å²) < 4.78 is 2.13. The molecule has 1 aromatic rings. The normalized spacial score (nSPS) is 22.0. The summed E-state index contributed by atoms with van der Waals surface area (Å²) in [5.74, 6) is 0. The molecule has 0 saturated heterocycles. The fraction of sp³-hybridized carbons (Fsp3) is 0.700. The molecule has 72 valence electrons. The van der Waals surface area contributed by atoms with Gasteiger partial charge in [0.25, 0.3) is 0 Å². The van der Waals surface area contributed by atoms with Crippen LogP contribution in [-0.2, 0) is 12.8 Å². The predicted molar refractivity (Wildman–Crippen MR) is 52.6 cm³/mol. The van der Waals surface area contributed by atoms with Gasteiger partial charge < -0.3 is 5.73 Å². The van der Waals surface area contributed by atoms with Crippen LogP contribution >= 0.6 is 0 Å². The van der Waals surface area contributed by atoms with Crippen molar-refractivity contribution in [2.75, 3.05) is 0 Å². The van der Waals surface area contributed by atoms with Crippen LogP contribution in [0.25, 0.3) is 0 Å². The van der Waals surface area contributed by atoms with Crippen LogP contribution in [0.4, 0.5) is 0 Å². The summed E-state index contributed by atoms with van der Waals surface area (Å²) in [5, 5.41) is 4.39. The van der Waals surface area contributed by atoms with Crippen molar-refractivity contribution in [1.29, 1.82) is 0 Å². The first-order valence-corrected chi connectivity index (χ1v) is 4.99. The minimum absolute atomic E-state index is 0.345. The number of nitrogens with zero attached hydrogens (tertiary/aromatic N) is 2. The van der Waals surface area contributed by atoms with E-state index in [-0.39, 0.29) is 0 Å². The Balaban J connectivity index is 2.33. The molecule has 1 aromatic heterocycles. The molecule has 0 radical (unpaired) electrons. The van der Waals surface area contributed by atoms with Gasteiger partial charge in [-0.15, -0.1) is 0 Å². The van der Waals surface area contributed by atoms with Gasteiger partial charge in [0.1, 0.15) is 0 Å². The molecular weight excluding hydrogens is 162 g/mol. The van der Waals surface area contributed by atoms with Gasteiger partial charge in [-0.2, -0.15) is 5.10 Å². The lowest BCUT2D eigenvalue weighted by atomic mass is 9.94. The molecule has 1 aliphatic rings. The highest BCUT2D eigenvalue weighted by molar-refractivity contribution is 5.22. The van der Waals surface area contributed by atoms with E-state index in [4.69, 9.17) is 5.73 Å². The number of hydrogen-bond acceptors (Lipinski definition) is 2. The Labute approximate surface area is 78.9 Å². The van der Waals surface area contributed by atoms with E-state index >= 15 is 0 Å². The minimum atomic E-state index is 0.345. The zero-order valence-electron chi connectivity index (χ0n) is 8.33. The Kier molecular flexibility index (Phi) is 2.12. The van der Waals surface area contributed by atoms with Crippen LogP contribution in [0.15, 0.2) is 6.20 Å². The van der Waals surface area contributed by atoms with Gasteiger partial charge in [-0.05, 0) is 38.7 Å². The predicted octanol–water partition coefficient (Wildman–Crippen LogP) is 1.28. The van der Waals surface area contributed by atoms with Gasteiger partial charge in [0.15, 0.2) is 0 Å². The summed E-state index contributed by atoms with van der Waals surface area (Å²) in [6, 6.07) is 0.815. The maximum Gasteiger partial charge on any atom is 0.0525 e. The maximum absolute atomic E-state index is 5.90. The second kappa shape index (κ2) is 3.14. The van der Waals surface area contributed by atoms with E-state index in [1.807, 2.05) is 6.20 Å². The van der Waals surface area contributed by atoms with Gasteiger partial charge in [-0.25, -0.2) is 0 Å². The first-order chi connectivity index (χ1) is 6.18. The highest BCUT2D eigenvalue weighted by atomic mass is 15.3. The Morgan fingerprint density at radius 2 is 2.38 bits per heavy atom. The summed E-state index contributed by atoms with van der Waals surface area (Å²) in [6.07, 6.45) is 5.18. The van der Waals surface area contributed by atoms with Crippen molar-refractivity contribution in [3.63, 3.8) is 0 Å². The summed E-state index contributed by atoms with van der Waals surface area (Å²) in [5.41, 5.74) is 8.65. The number of nitrogens with two attached hydrogens (primary N) is 1. The quantitative estimate of drug-likeness (QED) is 0.705. The summed E-state index contributed by atoms with van der Waals surface area (Å²) in [4.78, 5) is 0. The van der Waals surface area contributed by atoms with Gasteiger partial charge in [-0.1, -0.05) is 0 Å². The van der Waals surface area contributed by atoms with Crippen molar-refractivity contribution in [2.24, 2.45) is 5.73 Å². The smallest absolute Gasteiger partial charge is 0.0525 e. The highest BCUT2D eigenvalue weighted by Gasteiger charge is 2.20. The number of rotatable bonds is 1. The molecule has 3 heteroatoms. The monoisotopic (exact) mass is 179 g/mol. The second-order valence-corrected chi connectivity index (χ2v) is 4.16. The van der Waals surface area contributed by atoms with Crippen LogP contribution in [0, 0.1) is 0 Å². The van der Waals surface area contributed by atoms with Crippen molar-refractivity contribution in [3.8, 4) is 0 Å².